The SMILES string of the molecule is Fc1c(Cl)ccc(Cl)c1[C@H](C1CCOCC1)N1CCNCC1. The number of benzene rings is 1. The third-order valence-corrected chi connectivity index (χ3v) is 5.25. The van der Waals surface area contributed by atoms with E-state index in [4.69, 9.17) is 27.9 Å². The lowest BCUT2D eigenvalue weighted by atomic mass is 9.85. The number of nitrogens with one attached hydrogen (secondary N) is 1. The molecule has 2 heterocycles. The molecule has 0 unspecified atom stereocenters. The summed E-state index contributed by atoms with van der Waals surface area (Å²) in [5.74, 6) is -0.0264. The molecule has 122 valence electrons. The van der Waals surface area contributed by atoms with Crippen LogP contribution in [0.2, 0.25) is 10.0 Å². The van der Waals surface area contributed by atoms with E-state index in [-0.39, 0.29) is 16.9 Å². The van der Waals surface area contributed by atoms with E-state index < -0.39 is 0 Å². The maximum absolute atomic E-state index is 14.7. The van der Waals surface area contributed by atoms with Crippen LogP contribution in [0.1, 0.15) is 24.4 Å². The van der Waals surface area contributed by atoms with Crippen molar-refractivity contribution in [1.82, 2.24) is 10.2 Å². The van der Waals surface area contributed by atoms with Crippen molar-refractivity contribution in [2.24, 2.45) is 5.92 Å². The number of hydrogen-bond donors (Lipinski definition) is 1. The number of halogens is 3. The van der Waals surface area contributed by atoms with Crippen molar-refractivity contribution in [3.63, 3.8) is 0 Å². The second-order valence-electron chi connectivity index (χ2n) is 5.94. The minimum absolute atomic E-state index is 0.0304. The molecule has 0 saturated carbocycles. The summed E-state index contributed by atoms with van der Waals surface area (Å²) in [5.41, 5.74) is 0.558. The minimum Gasteiger partial charge on any atom is -0.381 e. The van der Waals surface area contributed by atoms with Gasteiger partial charge in [-0.3, -0.25) is 4.90 Å². The first-order valence-electron chi connectivity index (χ1n) is 7.84. The van der Waals surface area contributed by atoms with Crippen LogP contribution in [0.4, 0.5) is 4.39 Å². The molecule has 1 atom stereocenters. The molecule has 3 nitrogen and oxygen atoms in total. The zero-order valence-corrected chi connectivity index (χ0v) is 14.0. The highest BCUT2D eigenvalue weighted by molar-refractivity contribution is 6.33. The molecular weight excluding hydrogens is 326 g/mol. The lowest BCUT2D eigenvalue weighted by Gasteiger charge is -2.41. The molecule has 0 amide bonds. The van der Waals surface area contributed by atoms with Crippen molar-refractivity contribution < 1.29 is 9.13 Å². The monoisotopic (exact) mass is 346 g/mol. The van der Waals surface area contributed by atoms with Gasteiger partial charge in [0.2, 0.25) is 0 Å². The van der Waals surface area contributed by atoms with Gasteiger partial charge in [-0.05, 0) is 30.9 Å². The predicted molar refractivity (Wildman–Crippen MR) is 87.1 cm³/mol. The van der Waals surface area contributed by atoms with Crippen molar-refractivity contribution >= 4 is 23.2 Å². The average Bonchev–Trinajstić information content (AvgIpc) is 2.57. The summed E-state index contributed by atoms with van der Waals surface area (Å²) in [5, 5.41) is 3.96. The van der Waals surface area contributed by atoms with Crippen LogP contribution in [0.3, 0.4) is 0 Å². The van der Waals surface area contributed by atoms with Crippen LogP contribution < -0.4 is 5.32 Å². The Bertz CT molecular complexity index is 499. The smallest absolute Gasteiger partial charge is 0.148 e. The van der Waals surface area contributed by atoms with Gasteiger partial charge in [-0.15, -0.1) is 0 Å². The van der Waals surface area contributed by atoms with E-state index in [9.17, 15) is 4.39 Å². The number of piperazine rings is 1. The van der Waals surface area contributed by atoms with Crippen molar-refractivity contribution in [3.05, 3.63) is 33.6 Å². The highest BCUT2D eigenvalue weighted by atomic mass is 35.5. The Morgan fingerprint density at radius 1 is 1.14 bits per heavy atom. The Kier molecular flexibility index (Phi) is 5.58. The zero-order chi connectivity index (χ0) is 15.5. The van der Waals surface area contributed by atoms with Gasteiger partial charge in [0.05, 0.1) is 5.02 Å². The first-order chi connectivity index (χ1) is 10.7. The summed E-state index contributed by atoms with van der Waals surface area (Å²) in [6.45, 7) is 5.08. The van der Waals surface area contributed by atoms with Crippen LogP contribution in [-0.2, 0) is 4.74 Å². The van der Waals surface area contributed by atoms with E-state index in [1.807, 2.05) is 0 Å². The molecule has 2 aliphatic rings. The van der Waals surface area contributed by atoms with Crippen LogP contribution in [0.5, 0.6) is 0 Å². The lowest BCUT2D eigenvalue weighted by Crippen LogP contribution is -2.47. The standard InChI is InChI=1S/C16H21Cl2FN2O/c17-12-1-2-13(18)15(19)14(12)16(11-3-9-22-10-4-11)21-7-5-20-6-8-21/h1-2,11,16,20H,3-10H2/t16-/m0/s1. The fourth-order valence-corrected chi connectivity index (χ4v) is 3.94. The zero-order valence-electron chi connectivity index (χ0n) is 12.5. The fraction of sp³-hybridized carbons (Fsp3) is 0.625. The summed E-state index contributed by atoms with van der Waals surface area (Å²) >= 11 is 12.4. The Labute approximate surface area is 140 Å². The number of hydrogen-bond acceptors (Lipinski definition) is 3. The Balaban J connectivity index is 1.98. The van der Waals surface area contributed by atoms with E-state index in [0.29, 0.717) is 16.5 Å². The predicted octanol–water partition coefficient (Wildman–Crippen LogP) is 3.51. The van der Waals surface area contributed by atoms with Gasteiger partial charge in [0.25, 0.3) is 0 Å². The molecule has 0 aromatic heterocycles. The maximum Gasteiger partial charge on any atom is 0.148 e. The fourth-order valence-electron chi connectivity index (χ4n) is 3.52. The Morgan fingerprint density at radius 2 is 1.77 bits per heavy atom. The quantitative estimate of drug-likeness (QED) is 0.847. The van der Waals surface area contributed by atoms with E-state index >= 15 is 0 Å². The van der Waals surface area contributed by atoms with Gasteiger partial charge in [0.1, 0.15) is 5.82 Å². The van der Waals surface area contributed by atoms with Crippen LogP contribution in [0, 0.1) is 11.7 Å². The molecule has 1 aromatic rings. The van der Waals surface area contributed by atoms with Gasteiger partial charge in [-0.2, -0.15) is 0 Å². The van der Waals surface area contributed by atoms with E-state index in [2.05, 4.69) is 10.2 Å². The second kappa shape index (κ2) is 7.45. The third-order valence-electron chi connectivity index (χ3n) is 4.63. The molecule has 2 saturated heterocycles. The molecule has 2 aliphatic heterocycles. The van der Waals surface area contributed by atoms with Crippen LogP contribution in [0.25, 0.3) is 0 Å². The van der Waals surface area contributed by atoms with Crippen molar-refractivity contribution in [1.29, 1.82) is 0 Å². The summed E-state index contributed by atoms with van der Waals surface area (Å²) in [6.07, 6.45) is 1.85. The largest absolute Gasteiger partial charge is 0.381 e. The number of ether oxygens (including phenoxy) is 1. The van der Waals surface area contributed by atoms with Gasteiger partial charge in [0.15, 0.2) is 0 Å². The summed E-state index contributed by atoms with van der Waals surface area (Å²) < 4.78 is 20.2. The van der Waals surface area contributed by atoms with Gasteiger partial charge in [-0.1, -0.05) is 23.2 Å². The molecule has 6 heteroatoms. The minimum atomic E-state index is -0.371. The molecule has 0 radical (unpaired) electrons. The summed E-state index contributed by atoms with van der Waals surface area (Å²) in [4.78, 5) is 2.34. The molecule has 1 N–H and O–H groups in total. The summed E-state index contributed by atoms with van der Waals surface area (Å²) in [7, 11) is 0. The third kappa shape index (κ3) is 3.41. The molecule has 0 spiro atoms. The lowest BCUT2D eigenvalue weighted by molar-refractivity contribution is 0.0203. The first kappa shape index (κ1) is 16.5. The highest BCUT2D eigenvalue weighted by Gasteiger charge is 2.34. The first-order valence-corrected chi connectivity index (χ1v) is 8.60. The second-order valence-corrected chi connectivity index (χ2v) is 6.75. The molecule has 3 rings (SSSR count). The Morgan fingerprint density at radius 3 is 2.45 bits per heavy atom. The molecule has 0 aliphatic carbocycles. The van der Waals surface area contributed by atoms with Gasteiger partial charge >= 0.3 is 0 Å². The number of nitrogens with zero attached hydrogens (tertiary/aromatic N) is 1. The highest BCUT2D eigenvalue weighted by Crippen LogP contribution is 2.41. The summed E-state index contributed by atoms with van der Waals surface area (Å²) in [6, 6.07) is 3.20. The van der Waals surface area contributed by atoms with Gasteiger partial charge < -0.3 is 10.1 Å². The van der Waals surface area contributed by atoms with Crippen molar-refractivity contribution in [2.75, 3.05) is 39.4 Å². The van der Waals surface area contributed by atoms with Gasteiger partial charge in [0, 0.05) is 56.0 Å². The Hall–Kier alpha value is -0.390. The maximum atomic E-state index is 14.7. The molecule has 22 heavy (non-hydrogen) atoms. The van der Waals surface area contributed by atoms with E-state index in [1.165, 1.54) is 6.07 Å². The topological polar surface area (TPSA) is 24.5 Å². The molecule has 1 aromatic carbocycles. The normalized spacial score (nSPS) is 22.7. The number of rotatable bonds is 3. The average molecular weight is 347 g/mol. The van der Waals surface area contributed by atoms with Crippen molar-refractivity contribution in [3.8, 4) is 0 Å². The van der Waals surface area contributed by atoms with Crippen LogP contribution >= 0.6 is 23.2 Å². The van der Waals surface area contributed by atoms with Gasteiger partial charge in [-0.25, -0.2) is 4.39 Å². The van der Waals surface area contributed by atoms with Crippen LogP contribution in [0.15, 0.2) is 12.1 Å². The van der Waals surface area contributed by atoms with Crippen LogP contribution in [-0.4, -0.2) is 44.3 Å². The van der Waals surface area contributed by atoms with E-state index in [0.717, 1.165) is 52.2 Å². The molecular formula is C16H21Cl2FN2O. The van der Waals surface area contributed by atoms with Crippen molar-refractivity contribution in [2.45, 2.75) is 18.9 Å². The molecule has 2 fully saturated rings. The molecule has 0 bridgehead atoms. The van der Waals surface area contributed by atoms with E-state index in [1.54, 1.807) is 6.07 Å².